The Bertz CT molecular complexity index is 1430. The number of piperazine rings is 1. The predicted octanol–water partition coefficient (Wildman–Crippen LogP) is 4.78. The number of imidazole rings is 1. The smallest absolute Gasteiger partial charge is 0.141 e. The van der Waals surface area contributed by atoms with Crippen molar-refractivity contribution in [2.24, 2.45) is 0 Å². The SMILES string of the molecule is COc1cc(OC)c(-c2cn3ccc(N4CCN(c5cc(N6CCCCC6)ncn5)CC4)cc3n2)cc1Cl. The monoisotopic (exact) mass is 533 g/mol. The van der Waals surface area contributed by atoms with E-state index in [2.05, 4.69) is 49.1 Å². The molecular weight excluding hydrogens is 502 g/mol. The Morgan fingerprint density at radius 2 is 1.45 bits per heavy atom. The molecule has 4 aromatic rings. The summed E-state index contributed by atoms with van der Waals surface area (Å²) >= 11 is 6.40. The van der Waals surface area contributed by atoms with Crippen molar-refractivity contribution in [1.82, 2.24) is 19.4 Å². The van der Waals surface area contributed by atoms with Crippen molar-refractivity contribution in [1.29, 1.82) is 0 Å². The standard InChI is InChI=1S/C28H32ClN7O2/c1-37-24-16-25(38-2)22(29)15-21(24)23-18-36-9-6-20(14-28(36)32-23)33-10-12-35(13-11-33)27-17-26(30-19-31-27)34-7-4-3-5-8-34/h6,9,14-19H,3-5,7-8,10-13H2,1-2H3. The summed E-state index contributed by atoms with van der Waals surface area (Å²) in [6, 6.07) is 10.1. The summed E-state index contributed by atoms with van der Waals surface area (Å²) in [6.45, 7) is 5.80. The van der Waals surface area contributed by atoms with Gasteiger partial charge in [-0.2, -0.15) is 0 Å². The maximum atomic E-state index is 6.40. The number of halogens is 1. The Kier molecular flexibility index (Phi) is 6.84. The molecule has 9 nitrogen and oxygen atoms in total. The number of pyridine rings is 1. The lowest BCUT2D eigenvalue weighted by Crippen LogP contribution is -2.47. The minimum atomic E-state index is 0.519. The van der Waals surface area contributed by atoms with Gasteiger partial charge < -0.3 is 28.6 Å². The van der Waals surface area contributed by atoms with Crippen LogP contribution < -0.4 is 24.2 Å². The number of hydrogen-bond acceptors (Lipinski definition) is 8. The molecular formula is C28H32ClN7O2. The number of benzene rings is 1. The van der Waals surface area contributed by atoms with Crippen LogP contribution in [0, 0.1) is 0 Å². The highest BCUT2D eigenvalue weighted by atomic mass is 35.5. The van der Waals surface area contributed by atoms with E-state index >= 15 is 0 Å². The normalized spacial score (nSPS) is 16.2. The molecule has 0 atom stereocenters. The summed E-state index contributed by atoms with van der Waals surface area (Å²) < 4.78 is 12.9. The molecule has 1 aromatic carbocycles. The zero-order valence-corrected chi connectivity index (χ0v) is 22.6. The van der Waals surface area contributed by atoms with Crippen LogP contribution in [0.25, 0.3) is 16.9 Å². The molecule has 0 radical (unpaired) electrons. The highest BCUT2D eigenvalue weighted by Crippen LogP contribution is 2.38. The van der Waals surface area contributed by atoms with E-state index in [9.17, 15) is 0 Å². The Labute approximate surface area is 227 Å². The molecule has 0 unspecified atom stereocenters. The summed E-state index contributed by atoms with van der Waals surface area (Å²) in [5, 5.41) is 0.519. The second-order valence-electron chi connectivity index (χ2n) is 9.72. The molecule has 3 aromatic heterocycles. The van der Waals surface area contributed by atoms with Gasteiger partial charge in [-0.05, 0) is 31.4 Å². The van der Waals surface area contributed by atoms with Crippen LogP contribution in [-0.4, -0.2) is 72.8 Å². The number of fused-ring (bicyclic) bond motifs is 1. The minimum absolute atomic E-state index is 0.519. The third-order valence-electron chi connectivity index (χ3n) is 7.48. The fraction of sp³-hybridized carbons (Fsp3) is 0.393. The average Bonchev–Trinajstić information content (AvgIpc) is 3.41. The summed E-state index contributed by atoms with van der Waals surface area (Å²) in [6.07, 6.45) is 9.55. The van der Waals surface area contributed by atoms with Crippen LogP contribution >= 0.6 is 11.6 Å². The van der Waals surface area contributed by atoms with Gasteiger partial charge in [0.05, 0.1) is 24.9 Å². The van der Waals surface area contributed by atoms with E-state index in [1.165, 1.54) is 19.3 Å². The maximum Gasteiger partial charge on any atom is 0.141 e. The van der Waals surface area contributed by atoms with Crippen LogP contribution in [0.5, 0.6) is 11.5 Å². The van der Waals surface area contributed by atoms with Crippen molar-refractivity contribution in [2.45, 2.75) is 19.3 Å². The number of piperidine rings is 1. The topological polar surface area (TPSA) is 71.3 Å². The van der Waals surface area contributed by atoms with Gasteiger partial charge in [0.2, 0.25) is 0 Å². The molecule has 198 valence electrons. The number of aromatic nitrogens is 4. The lowest BCUT2D eigenvalue weighted by molar-refractivity contribution is 0.395. The molecule has 5 heterocycles. The average molecular weight is 534 g/mol. The van der Waals surface area contributed by atoms with Crippen LogP contribution in [0.2, 0.25) is 5.02 Å². The van der Waals surface area contributed by atoms with Gasteiger partial charge in [-0.3, -0.25) is 0 Å². The van der Waals surface area contributed by atoms with Gasteiger partial charge in [0, 0.05) is 81.1 Å². The summed E-state index contributed by atoms with van der Waals surface area (Å²) in [7, 11) is 3.22. The molecule has 0 saturated carbocycles. The molecule has 0 spiro atoms. The molecule has 2 aliphatic heterocycles. The predicted molar refractivity (Wildman–Crippen MR) is 151 cm³/mol. The fourth-order valence-corrected chi connectivity index (χ4v) is 5.60. The first-order valence-corrected chi connectivity index (χ1v) is 13.5. The first-order chi connectivity index (χ1) is 18.6. The van der Waals surface area contributed by atoms with E-state index in [4.69, 9.17) is 26.1 Å². The second-order valence-corrected chi connectivity index (χ2v) is 10.1. The number of ether oxygens (including phenoxy) is 2. The minimum Gasteiger partial charge on any atom is -0.496 e. The van der Waals surface area contributed by atoms with Crippen LogP contribution in [0.3, 0.4) is 0 Å². The third kappa shape index (κ3) is 4.78. The third-order valence-corrected chi connectivity index (χ3v) is 7.78. The van der Waals surface area contributed by atoms with Crippen molar-refractivity contribution in [3.8, 4) is 22.8 Å². The van der Waals surface area contributed by atoms with Crippen molar-refractivity contribution in [3.63, 3.8) is 0 Å². The maximum absolute atomic E-state index is 6.40. The van der Waals surface area contributed by atoms with E-state index in [1.54, 1.807) is 26.6 Å². The number of rotatable bonds is 6. The first-order valence-electron chi connectivity index (χ1n) is 13.1. The van der Waals surface area contributed by atoms with Crippen LogP contribution in [0.4, 0.5) is 17.3 Å². The molecule has 10 heteroatoms. The van der Waals surface area contributed by atoms with Crippen molar-refractivity contribution >= 4 is 34.6 Å². The first kappa shape index (κ1) is 24.6. The van der Waals surface area contributed by atoms with Gasteiger partial charge in [-0.1, -0.05) is 11.6 Å². The highest BCUT2D eigenvalue weighted by molar-refractivity contribution is 6.32. The van der Waals surface area contributed by atoms with E-state index in [-0.39, 0.29) is 0 Å². The molecule has 0 bridgehead atoms. The number of hydrogen-bond donors (Lipinski definition) is 0. The number of anilines is 3. The second kappa shape index (κ2) is 10.6. The fourth-order valence-electron chi connectivity index (χ4n) is 5.36. The van der Waals surface area contributed by atoms with Gasteiger partial charge in [0.25, 0.3) is 0 Å². The van der Waals surface area contributed by atoms with Crippen LogP contribution in [0.1, 0.15) is 19.3 Å². The largest absolute Gasteiger partial charge is 0.496 e. The van der Waals surface area contributed by atoms with E-state index in [0.29, 0.717) is 16.5 Å². The lowest BCUT2D eigenvalue weighted by Gasteiger charge is -2.37. The van der Waals surface area contributed by atoms with E-state index < -0.39 is 0 Å². The molecule has 0 aliphatic carbocycles. The molecule has 6 rings (SSSR count). The van der Waals surface area contributed by atoms with Crippen molar-refractivity contribution in [2.75, 3.05) is 68.2 Å². The van der Waals surface area contributed by atoms with Gasteiger partial charge in [0.1, 0.15) is 35.1 Å². The summed E-state index contributed by atoms with van der Waals surface area (Å²) in [4.78, 5) is 21.2. The van der Waals surface area contributed by atoms with Gasteiger partial charge in [-0.25, -0.2) is 15.0 Å². The molecule has 0 N–H and O–H groups in total. The Balaban J connectivity index is 1.17. The van der Waals surface area contributed by atoms with Crippen LogP contribution in [-0.2, 0) is 0 Å². The van der Waals surface area contributed by atoms with Crippen LogP contribution in [0.15, 0.2) is 49.1 Å². The number of methoxy groups -OCH3 is 2. The summed E-state index contributed by atoms with van der Waals surface area (Å²) in [5.41, 5.74) is 3.65. The van der Waals surface area contributed by atoms with Gasteiger partial charge in [0.15, 0.2) is 0 Å². The quantitative estimate of drug-likeness (QED) is 0.351. The Hall–Kier alpha value is -3.72. The lowest BCUT2D eigenvalue weighted by atomic mass is 10.1. The molecule has 2 saturated heterocycles. The molecule has 2 fully saturated rings. The van der Waals surface area contributed by atoms with Gasteiger partial charge >= 0.3 is 0 Å². The van der Waals surface area contributed by atoms with E-state index in [1.807, 2.05) is 16.7 Å². The van der Waals surface area contributed by atoms with Crippen molar-refractivity contribution < 1.29 is 9.47 Å². The zero-order chi connectivity index (χ0) is 26.1. The Morgan fingerprint density at radius 1 is 0.763 bits per heavy atom. The summed E-state index contributed by atoms with van der Waals surface area (Å²) in [5.74, 6) is 3.30. The van der Waals surface area contributed by atoms with Crippen molar-refractivity contribution in [3.05, 3.63) is 54.1 Å². The molecule has 2 aliphatic rings. The number of nitrogens with zero attached hydrogens (tertiary/aromatic N) is 7. The molecule has 0 amide bonds. The van der Waals surface area contributed by atoms with Gasteiger partial charge in [-0.15, -0.1) is 0 Å². The van der Waals surface area contributed by atoms with E-state index in [0.717, 1.165) is 73.5 Å². The highest BCUT2D eigenvalue weighted by Gasteiger charge is 2.21. The Morgan fingerprint density at radius 3 is 2.16 bits per heavy atom. The molecule has 38 heavy (non-hydrogen) atoms. The zero-order valence-electron chi connectivity index (χ0n) is 21.8.